The number of carbonyl (C=O) groups excluding carboxylic acids is 1. The highest BCUT2D eigenvalue weighted by Gasteiger charge is 2.23. The van der Waals surface area contributed by atoms with E-state index in [1.54, 1.807) is 18.4 Å². The van der Waals surface area contributed by atoms with Gasteiger partial charge in [-0.1, -0.05) is 23.2 Å². The van der Waals surface area contributed by atoms with Gasteiger partial charge in [0.2, 0.25) is 0 Å². The molecule has 124 valence electrons. The zero-order valence-corrected chi connectivity index (χ0v) is 14.7. The second-order valence-corrected chi connectivity index (χ2v) is 7.19. The highest BCUT2D eigenvalue weighted by atomic mass is 35.5. The first-order chi connectivity index (χ1) is 11.3. The van der Waals surface area contributed by atoms with Crippen LogP contribution < -0.4 is 0 Å². The molecule has 0 atom stereocenters. The van der Waals surface area contributed by atoms with Crippen molar-refractivity contribution in [3.8, 4) is 5.75 Å². The molecule has 0 saturated carbocycles. The number of carboxylic acid groups (broad SMARTS) is 1. The van der Waals surface area contributed by atoms with Crippen LogP contribution in [0.1, 0.15) is 21.6 Å². The van der Waals surface area contributed by atoms with Gasteiger partial charge in [-0.15, -0.1) is 11.3 Å². The highest BCUT2D eigenvalue weighted by molar-refractivity contribution is 7.14. The number of fused-ring (bicyclic) bond motifs is 1. The Hall–Kier alpha value is -2.02. The molecule has 8 heteroatoms. The largest absolute Gasteiger partial charge is 0.506 e. The van der Waals surface area contributed by atoms with Crippen molar-refractivity contribution in [2.75, 3.05) is 0 Å². The first kappa shape index (κ1) is 16.8. The van der Waals surface area contributed by atoms with E-state index in [1.807, 2.05) is 0 Å². The lowest BCUT2D eigenvalue weighted by Gasteiger charge is -2.06. The third kappa shape index (κ3) is 2.77. The second-order valence-electron chi connectivity index (χ2n) is 5.24. The number of aromatic hydroxyl groups is 1. The number of aliphatic carboxylic acids is 1. The Morgan fingerprint density at radius 2 is 1.96 bits per heavy atom. The minimum absolute atomic E-state index is 0.0827. The first-order valence-corrected chi connectivity index (χ1v) is 8.46. The second kappa shape index (κ2) is 6.12. The molecule has 0 aliphatic rings. The van der Waals surface area contributed by atoms with Crippen LogP contribution in [0, 0.1) is 6.92 Å². The van der Waals surface area contributed by atoms with Gasteiger partial charge in [0.05, 0.1) is 26.9 Å². The monoisotopic (exact) mass is 383 g/mol. The molecule has 2 heterocycles. The van der Waals surface area contributed by atoms with E-state index in [-0.39, 0.29) is 23.1 Å². The summed E-state index contributed by atoms with van der Waals surface area (Å²) in [6.45, 7) is 1.66. The predicted molar refractivity (Wildman–Crippen MR) is 93.7 cm³/mol. The van der Waals surface area contributed by atoms with E-state index in [9.17, 15) is 14.7 Å². The van der Waals surface area contributed by atoms with Crippen LogP contribution in [0.5, 0.6) is 5.75 Å². The Morgan fingerprint density at radius 3 is 2.54 bits per heavy atom. The lowest BCUT2D eigenvalue weighted by molar-refractivity contribution is -0.136. The Kier molecular flexibility index (Phi) is 4.29. The number of phenols is 1. The smallest absolute Gasteiger partial charge is 0.307 e. The van der Waals surface area contributed by atoms with E-state index in [2.05, 4.69) is 0 Å². The van der Waals surface area contributed by atoms with Crippen molar-refractivity contribution in [1.82, 2.24) is 4.57 Å². The Labute approximate surface area is 150 Å². The van der Waals surface area contributed by atoms with Gasteiger partial charge < -0.3 is 10.2 Å². The number of carboxylic acids is 1. The average molecular weight is 384 g/mol. The van der Waals surface area contributed by atoms with Crippen molar-refractivity contribution >= 4 is 57.3 Å². The molecule has 2 aromatic heterocycles. The summed E-state index contributed by atoms with van der Waals surface area (Å²) in [6, 6.07) is 4.39. The van der Waals surface area contributed by atoms with Crippen LogP contribution >= 0.6 is 34.5 Å². The topological polar surface area (TPSA) is 79.5 Å². The summed E-state index contributed by atoms with van der Waals surface area (Å²) >= 11 is 13.1. The standard InChI is InChI=1S/C16H11Cl2NO4S/c1-7-9(4-15(21)22)10-3-13(20)11(17)5-12(10)19(7)16(23)8-2-14(18)24-6-8/h2-3,5-6,20H,4H2,1H3,(H,21,22). The molecular weight excluding hydrogens is 373 g/mol. The van der Waals surface area contributed by atoms with E-state index in [0.29, 0.717) is 32.1 Å². The van der Waals surface area contributed by atoms with Crippen molar-refractivity contribution in [2.24, 2.45) is 0 Å². The fourth-order valence-corrected chi connectivity index (χ4v) is 3.69. The summed E-state index contributed by atoms with van der Waals surface area (Å²) in [4.78, 5) is 24.0. The van der Waals surface area contributed by atoms with Crippen LogP contribution in [-0.4, -0.2) is 26.7 Å². The number of nitrogens with zero attached hydrogens (tertiary/aromatic N) is 1. The van der Waals surface area contributed by atoms with E-state index in [4.69, 9.17) is 28.3 Å². The first-order valence-electron chi connectivity index (χ1n) is 6.82. The molecule has 5 nitrogen and oxygen atoms in total. The van der Waals surface area contributed by atoms with Gasteiger partial charge >= 0.3 is 5.97 Å². The van der Waals surface area contributed by atoms with E-state index in [0.717, 1.165) is 0 Å². The van der Waals surface area contributed by atoms with Crippen LogP contribution in [0.2, 0.25) is 9.36 Å². The minimum atomic E-state index is -1.03. The van der Waals surface area contributed by atoms with Gasteiger partial charge in [0, 0.05) is 16.5 Å². The number of halogens is 2. The zero-order chi connectivity index (χ0) is 17.6. The molecule has 3 rings (SSSR count). The number of benzene rings is 1. The zero-order valence-electron chi connectivity index (χ0n) is 12.3. The molecule has 0 fully saturated rings. The maximum absolute atomic E-state index is 12.8. The molecule has 0 amide bonds. The van der Waals surface area contributed by atoms with Gasteiger partial charge in [0.25, 0.3) is 5.91 Å². The number of aromatic nitrogens is 1. The molecule has 0 bridgehead atoms. The Morgan fingerprint density at radius 1 is 1.25 bits per heavy atom. The normalized spacial score (nSPS) is 11.1. The summed E-state index contributed by atoms with van der Waals surface area (Å²) in [5, 5.41) is 21.2. The van der Waals surface area contributed by atoms with E-state index in [1.165, 1.54) is 28.0 Å². The van der Waals surface area contributed by atoms with Crippen molar-refractivity contribution in [2.45, 2.75) is 13.3 Å². The number of phenolic OH excluding ortho intramolecular Hbond substituents is 1. The number of hydrogen-bond donors (Lipinski definition) is 2. The van der Waals surface area contributed by atoms with Gasteiger partial charge in [0.15, 0.2) is 0 Å². The summed E-state index contributed by atoms with van der Waals surface area (Å²) in [5.41, 5.74) is 1.79. The van der Waals surface area contributed by atoms with Crippen molar-refractivity contribution in [1.29, 1.82) is 0 Å². The molecule has 24 heavy (non-hydrogen) atoms. The third-order valence-corrected chi connectivity index (χ3v) is 5.14. The fraction of sp³-hybridized carbons (Fsp3) is 0.125. The van der Waals surface area contributed by atoms with Gasteiger partial charge in [-0.3, -0.25) is 14.2 Å². The van der Waals surface area contributed by atoms with Crippen LogP contribution in [0.3, 0.4) is 0 Å². The maximum Gasteiger partial charge on any atom is 0.307 e. The van der Waals surface area contributed by atoms with E-state index < -0.39 is 5.97 Å². The number of rotatable bonds is 3. The number of carbonyl (C=O) groups is 2. The molecule has 0 spiro atoms. The molecule has 0 aliphatic heterocycles. The summed E-state index contributed by atoms with van der Waals surface area (Å²) < 4.78 is 1.88. The van der Waals surface area contributed by atoms with Gasteiger partial charge in [-0.25, -0.2) is 0 Å². The van der Waals surface area contributed by atoms with Crippen molar-refractivity contribution in [3.05, 3.63) is 49.8 Å². The summed E-state index contributed by atoms with van der Waals surface area (Å²) in [5.74, 6) is -1.53. The van der Waals surface area contributed by atoms with Crippen molar-refractivity contribution in [3.63, 3.8) is 0 Å². The SMILES string of the molecule is Cc1c(CC(=O)O)c2cc(O)c(Cl)cc2n1C(=O)c1csc(Cl)c1. The molecule has 0 aliphatic carbocycles. The van der Waals surface area contributed by atoms with Crippen molar-refractivity contribution < 1.29 is 19.8 Å². The Bertz CT molecular complexity index is 990. The highest BCUT2D eigenvalue weighted by Crippen LogP contribution is 2.35. The number of thiophene rings is 1. The Balaban J connectivity index is 2.30. The van der Waals surface area contributed by atoms with Crippen LogP contribution in [0.25, 0.3) is 10.9 Å². The average Bonchev–Trinajstić information content (AvgIpc) is 3.03. The quantitative estimate of drug-likeness (QED) is 0.704. The predicted octanol–water partition coefficient (Wildman–Crippen LogP) is 4.34. The molecule has 2 N–H and O–H groups in total. The molecule has 0 unspecified atom stereocenters. The maximum atomic E-state index is 12.8. The van der Waals surface area contributed by atoms with Gasteiger partial charge in [-0.05, 0) is 30.7 Å². The van der Waals surface area contributed by atoms with Gasteiger partial charge in [0.1, 0.15) is 5.75 Å². The van der Waals surface area contributed by atoms with Crippen LogP contribution in [0.4, 0.5) is 0 Å². The van der Waals surface area contributed by atoms with E-state index >= 15 is 0 Å². The minimum Gasteiger partial charge on any atom is -0.506 e. The van der Waals surface area contributed by atoms with Gasteiger partial charge in [-0.2, -0.15) is 0 Å². The molecular formula is C16H11Cl2NO4S. The third-order valence-electron chi connectivity index (χ3n) is 3.75. The van der Waals surface area contributed by atoms with Crippen LogP contribution in [0.15, 0.2) is 23.6 Å². The van der Waals surface area contributed by atoms with Crippen LogP contribution in [-0.2, 0) is 11.2 Å². The molecule has 1 aromatic carbocycles. The molecule has 0 radical (unpaired) electrons. The fourth-order valence-electron chi connectivity index (χ4n) is 2.68. The molecule has 3 aromatic rings. The summed E-state index contributed by atoms with van der Waals surface area (Å²) in [6.07, 6.45) is -0.270. The lowest BCUT2D eigenvalue weighted by atomic mass is 10.1. The lowest BCUT2D eigenvalue weighted by Crippen LogP contribution is -2.13. The molecule has 0 saturated heterocycles. The number of hydrogen-bond acceptors (Lipinski definition) is 4. The summed E-state index contributed by atoms with van der Waals surface area (Å²) in [7, 11) is 0.